The summed E-state index contributed by atoms with van der Waals surface area (Å²) in [5.74, 6) is 5.09. The van der Waals surface area contributed by atoms with Crippen molar-refractivity contribution >= 4 is 11.6 Å². The molecular formula is C15H13N3O2. The molecule has 0 aliphatic carbocycles. The molecule has 20 heavy (non-hydrogen) atoms. The van der Waals surface area contributed by atoms with E-state index in [9.17, 15) is 4.79 Å². The van der Waals surface area contributed by atoms with Crippen LogP contribution in [0.1, 0.15) is 21.5 Å². The van der Waals surface area contributed by atoms with Crippen molar-refractivity contribution in [1.82, 2.24) is 10.2 Å². The van der Waals surface area contributed by atoms with Crippen LogP contribution in [-0.2, 0) is 0 Å². The number of amides is 1. The molecule has 2 N–H and O–H groups in total. The van der Waals surface area contributed by atoms with Crippen LogP contribution in [0.4, 0.5) is 5.69 Å². The number of aromatic nitrogens is 2. The van der Waals surface area contributed by atoms with Gasteiger partial charge in [-0.2, -0.15) is 10.2 Å². The lowest BCUT2D eigenvalue weighted by atomic mass is 10.1. The Morgan fingerprint density at radius 2 is 2.20 bits per heavy atom. The third kappa shape index (κ3) is 3.40. The third-order valence-electron chi connectivity index (χ3n) is 2.57. The van der Waals surface area contributed by atoms with Gasteiger partial charge < -0.3 is 10.4 Å². The number of anilines is 1. The Morgan fingerprint density at radius 3 is 2.90 bits per heavy atom. The smallest absolute Gasteiger partial charge is 0.257 e. The number of benzene rings is 1. The molecule has 1 aromatic heterocycles. The number of nitrogens with one attached hydrogen (secondary N) is 1. The SMILES string of the molecule is Cc1ccc(C#CCO)c(NC(=O)c2ccnnc2)c1. The van der Waals surface area contributed by atoms with Crippen molar-refractivity contribution in [2.75, 3.05) is 11.9 Å². The first-order valence-corrected chi connectivity index (χ1v) is 5.99. The minimum Gasteiger partial charge on any atom is -0.384 e. The van der Waals surface area contributed by atoms with E-state index in [-0.39, 0.29) is 12.5 Å². The van der Waals surface area contributed by atoms with Crippen LogP contribution in [0.5, 0.6) is 0 Å². The van der Waals surface area contributed by atoms with Gasteiger partial charge in [-0.15, -0.1) is 0 Å². The second kappa shape index (κ2) is 6.45. The fourth-order valence-electron chi connectivity index (χ4n) is 1.62. The van der Waals surface area contributed by atoms with E-state index in [1.54, 1.807) is 12.1 Å². The topological polar surface area (TPSA) is 75.1 Å². The Morgan fingerprint density at radius 1 is 1.35 bits per heavy atom. The highest BCUT2D eigenvalue weighted by Gasteiger charge is 2.08. The molecule has 100 valence electrons. The normalized spacial score (nSPS) is 9.50. The zero-order valence-electron chi connectivity index (χ0n) is 10.9. The molecule has 2 aromatic rings. The molecule has 1 aromatic carbocycles. The van der Waals surface area contributed by atoms with Crippen LogP contribution in [-0.4, -0.2) is 27.8 Å². The van der Waals surface area contributed by atoms with Gasteiger partial charge in [0.25, 0.3) is 5.91 Å². The number of carbonyl (C=O) groups is 1. The predicted octanol–water partition coefficient (Wildman–Crippen LogP) is 1.38. The van der Waals surface area contributed by atoms with Crippen LogP contribution < -0.4 is 5.32 Å². The molecule has 0 fully saturated rings. The third-order valence-corrected chi connectivity index (χ3v) is 2.57. The van der Waals surface area contributed by atoms with E-state index >= 15 is 0 Å². The van der Waals surface area contributed by atoms with E-state index in [1.165, 1.54) is 12.4 Å². The summed E-state index contributed by atoms with van der Waals surface area (Å²) in [6, 6.07) is 7.11. The lowest BCUT2D eigenvalue weighted by molar-refractivity contribution is 0.102. The van der Waals surface area contributed by atoms with Crippen LogP contribution in [0.3, 0.4) is 0 Å². The Hall–Kier alpha value is -2.71. The van der Waals surface area contributed by atoms with E-state index in [4.69, 9.17) is 5.11 Å². The van der Waals surface area contributed by atoms with Gasteiger partial charge in [-0.1, -0.05) is 17.9 Å². The molecule has 0 atom stereocenters. The Labute approximate surface area is 116 Å². The largest absolute Gasteiger partial charge is 0.384 e. The first kappa shape index (κ1) is 13.7. The first-order valence-electron chi connectivity index (χ1n) is 5.99. The summed E-state index contributed by atoms with van der Waals surface area (Å²) in [5.41, 5.74) is 2.68. The van der Waals surface area contributed by atoms with Gasteiger partial charge in [0.05, 0.1) is 23.6 Å². The number of aryl methyl sites for hydroxylation is 1. The maximum atomic E-state index is 12.1. The molecule has 0 unspecified atom stereocenters. The summed E-state index contributed by atoms with van der Waals surface area (Å²) >= 11 is 0. The molecule has 0 saturated heterocycles. The summed E-state index contributed by atoms with van der Waals surface area (Å²) in [6.45, 7) is 1.70. The molecule has 0 bridgehead atoms. The maximum absolute atomic E-state index is 12.1. The van der Waals surface area contributed by atoms with Gasteiger partial charge >= 0.3 is 0 Å². The molecule has 5 heteroatoms. The van der Waals surface area contributed by atoms with Crippen LogP contribution in [0, 0.1) is 18.8 Å². The van der Waals surface area contributed by atoms with Crippen LogP contribution in [0.25, 0.3) is 0 Å². The molecule has 1 heterocycles. The molecule has 1 amide bonds. The van der Waals surface area contributed by atoms with Gasteiger partial charge in [0.15, 0.2) is 0 Å². The summed E-state index contributed by atoms with van der Waals surface area (Å²) in [5, 5.41) is 18.8. The average molecular weight is 267 g/mol. The fourth-order valence-corrected chi connectivity index (χ4v) is 1.62. The molecule has 2 rings (SSSR count). The highest BCUT2D eigenvalue weighted by atomic mass is 16.2. The van der Waals surface area contributed by atoms with Crippen LogP contribution in [0.2, 0.25) is 0 Å². The van der Waals surface area contributed by atoms with E-state index < -0.39 is 0 Å². The lowest BCUT2D eigenvalue weighted by Crippen LogP contribution is -2.13. The van der Waals surface area contributed by atoms with Gasteiger partial charge in [0, 0.05) is 5.56 Å². The molecule has 0 radical (unpaired) electrons. The number of hydrogen-bond acceptors (Lipinski definition) is 4. The molecule has 5 nitrogen and oxygen atoms in total. The zero-order chi connectivity index (χ0) is 14.4. The fraction of sp³-hybridized carbons (Fsp3) is 0.133. The van der Waals surface area contributed by atoms with Crippen molar-refractivity contribution in [1.29, 1.82) is 0 Å². The monoisotopic (exact) mass is 267 g/mol. The highest BCUT2D eigenvalue weighted by molar-refractivity contribution is 6.04. The number of rotatable bonds is 2. The van der Waals surface area contributed by atoms with Crippen molar-refractivity contribution in [2.24, 2.45) is 0 Å². The Bertz CT molecular complexity index is 673. The summed E-state index contributed by atoms with van der Waals surface area (Å²) in [4.78, 5) is 12.1. The summed E-state index contributed by atoms with van der Waals surface area (Å²) in [7, 11) is 0. The second-order valence-corrected chi connectivity index (χ2v) is 4.09. The number of hydrogen-bond donors (Lipinski definition) is 2. The van der Waals surface area contributed by atoms with Crippen LogP contribution >= 0.6 is 0 Å². The molecular weight excluding hydrogens is 254 g/mol. The van der Waals surface area contributed by atoms with Crippen molar-refractivity contribution in [3.63, 3.8) is 0 Å². The van der Waals surface area contributed by atoms with E-state index in [2.05, 4.69) is 27.4 Å². The van der Waals surface area contributed by atoms with E-state index in [0.29, 0.717) is 16.8 Å². The summed E-state index contributed by atoms with van der Waals surface area (Å²) < 4.78 is 0. The minimum absolute atomic E-state index is 0.227. The Kier molecular flexibility index (Phi) is 4.43. The standard InChI is InChI=1S/C15H13N3O2/c1-11-4-5-12(3-2-8-19)14(9-11)18-15(20)13-6-7-16-17-10-13/h4-7,9-10,19H,8H2,1H3,(H,18,20). The summed E-state index contributed by atoms with van der Waals surface area (Å²) in [6.07, 6.45) is 2.85. The quantitative estimate of drug-likeness (QED) is 0.806. The number of aliphatic hydroxyl groups excluding tert-OH is 1. The van der Waals surface area contributed by atoms with Crippen molar-refractivity contribution < 1.29 is 9.90 Å². The molecule has 0 aliphatic heterocycles. The minimum atomic E-state index is -0.280. The molecule has 0 saturated carbocycles. The van der Waals surface area contributed by atoms with Gasteiger partial charge in [0.2, 0.25) is 0 Å². The zero-order valence-corrected chi connectivity index (χ0v) is 10.9. The van der Waals surface area contributed by atoms with Gasteiger partial charge in [-0.3, -0.25) is 4.79 Å². The lowest BCUT2D eigenvalue weighted by Gasteiger charge is -2.08. The number of carbonyl (C=O) groups excluding carboxylic acids is 1. The highest BCUT2D eigenvalue weighted by Crippen LogP contribution is 2.17. The predicted molar refractivity (Wildman–Crippen MR) is 75.1 cm³/mol. The number of nitrogens with zero attached hydrogens (tertiary/aromatic N) is 2. The number of aliphatic hydroxyl groups is 1. The van der Waals surface area contributed by atoms with E-state index in [0.717, 1.165) is 5.56 Å². The van der Waals surface area contributed by atoms with Crippen LogP contribution in [0.15, 0.2) is 36.7 Å². The average Bonchev–Trinajstić information content (AvgIpc) is 2.47. The van der Waals surface area contributed by atoms with E-state index in [1.807, 2.05) is 19.1 Å². The van der Waals surface area contributed by atoms with Crippen molar-refractivity contribution in [2.45, 2.75) is 6.92 Å². The Balaban J connectivity index is 2.28. The second-order valence-electron chi connectivity index (χ2n) is 4.09. The van der Waals surface area contributed by atoms with Gasteiger partial charge in [-0.25, -0.2) is 0 Å². The van der Waals surface area contributed by atoms with Gasteiger partial charge in [-0.05, 0) is 30.7 Å². The molecule has 0 spiro atoms. The van der Waals surface area contributed by atoms with Crippen molar-refractivity contribution in [3.05, 3.63) is 53.3 Å². The first-order chi connectivity index (χ1) is 9.70. The molecule has 0 aliphatic rings. The maximum Gasteiger partial charge on any atom is 0.257 e. The van der Waals surface area contributed by atoms with Gasteiger partial charge in [0.1, 0.15) is 6.61 Å². The van der Waals surface area contributed by atoms with Crippen molar-refractivity contribution in [3.8, 4) is 11.8 Å².